The Morgan fingerprint density at radius 1 is 1.35 bits per heavy atom. The topological polar surface area (TPSA) is 28.2 Å². The van der Waals surface area contributed by atoms with E-state index in [1.54, 1.807) is 17.4 Å². The minimum atomic E-state index is -0.141. The lowest BCUT2D eigenvalue weighted by Crippen LogP contribution is -2.18. The SMILES string of the molecule is Cc1ncsc1CNc1ccc(N2CCCC2)c(F)c1. The number of benzene rings is 1. The number of aromatic nitrogens is 1. The lowest BCUT2D eigenvalue weighted by molar-refractivity contribution is 0.623. The minimum Gasteiger partial charge on any atom is -0.380 e. The first-order chi connectivity index (χ1) is 9.74. The first-order valence-electron chi connectivity index (χ1n) is 6.91. The molecule has 0 saturated carbocycles. The highest BCUT2D eigenvalue weighted by Gasteiger charge is 2.16. The van der Waals surface area contributed by atoms with Gasteiger partial charge in [-0.25, -0.2) is 9.37 Å². The van der Waals surface area contributed by atoms with Crippen LogP contribution in [0.25, 0.3) is 0 Å². The lowest BCUT2D eigenvalue weighted by Gasteiger charge is -2.19. The van der Waals surface area contributed by atoms with Crippen molar-refractivity contribution >= 4 is 22.7 Å². The van der Waals surface area contributed by atoms with Gasteiger partial charge in [0.05, 0.1) is 23.4 Å². The van der Waals surface area contributed by atoms with Crippen molar-refractivity contribution < 1.29 is 4.39 Å². The van der Waals surface area contributed by atoms with Crippen molar-refractivity contribution in [2.75, 3.05) is 23.3 Å². The summed E-state index contributed by atoms with van der Waals surface area (Å²) in [6, 6.07) is 5.42. The third-order valence-electron chi connectivity index (χ3n) is 3.69. The van der Waals surface area contributed by atoms with Crippen LogP contribution in [0.4, 0.5) is 15.8 Å². The molecule has 1 aromatic heterocycles. The number of nitrogens with zero attached hydrogens (tertiary/aromatic N) is 2. The Kier molecular flexibility index (Phi) is 3.87. The van der Waals surface area contributed by atoms with Gasteiger partial charge in [0.1, 0.15) is 5.82 Å². The third-order valence-corrected chi connectivity index (χ3v) is 4.63. The van der Waals surface area contributed by atoms with Gasteiger partial charge in [0, 0.05) is 23.7 Å². The number of thiazole rings is 1. The van der Waals surface area contributed by atoms with Crippen molar-refractivity contribution in [1.29, 1.82) is 0 Å². The van der Waals surface area contributed by atoms with Crippen LogP contribution in [0.3, 0.4) is 0 Å². The van der Waals surface area contributed by atoms with Crippen molar-refractivity contribution in [2.45, 2.75) is 26.3 Å². The van der Waals surface area contributed by atoms with E-state index in [1.165, 1.54) is 4.88 Å². The monoisotopic (exact) mass is 291 g/mol. The summed E-state index contributed by atoms with van der Waals surface area (Å²) in [7, 11) is 0. The molecule has 0 amide bonds. The van der Waals surface area contributed by atoms with Gasteiger partial charge in [0.25, 0.3) is 0 Å². The van der Waals surface area contributed by atoms with Crippen molar-refractivity contribution in [3.63, 3.8) is 0 Å². The smallest absolute Gasteiger partial charge is 0.148 e. The van der Waals surface area contributed by atoms with Gasteiger partial charge < -0.3 is 10.2 Å². The molecule has 3 rings (SSSR count). The quantitative estimate of drug-likeness (QED) is 0.928. The van der Waals surface area contributed by atoms with E-state index in [1.807, 2.05) is 24.6 Å². The number of rotatable bonds is 4. The molecular formula is C15H18FN3S. The zero-order valence-corrected chi connectivity index (χ0v) is 12.3. The Balaban J connectivity index is 1.69. The Bertz CT molecular complexity index is 591. The summed E-state index contributed by atoms with van der Waals surface area (Å²) in [6.45, 7) is 4.61. The maximum absolute atomic E-state index is 14.2. The summed E-state index contributed by atoms with van der Waals surface area (Å²) in [5, 5.41) is 3.26. The van der Waals surface area contributed by atoms with E-state index < -0.39 is 0 Å². The molecule has 1 N–H and O–H groups in total. The number of hydrogen-bond acceptors (Lipinski definition) is 4. The van der Waals surface area contributed by atoms with Crippen molar-refractivity contribution in [1.82, 2.24) is 4.98 Å². The van der Waals surface area contributed by atoms with Gasteiger partial charge in [0.15, 0.2) is 0 Å². The lowest BCUT2D eigenvalue weighted by atomic mass is 10.2. The molecule has 0 spiro atoms. The minimum absolute atomic E-state index is 0.141. The molecule has 0 bridgehead atoms. The van der Waals surface area contributed by atoms with Crippen LogP contribution in [0.1, 0.15) is 23.4 Å². The number of halogens is 1. The fourth-order valence-electron chi connectivity index (χ4n) is 2.51. The molecule has 106 valence electrons. The molecule has 0 radical (unpaired) electrons. The largest absolute Gasteiger partial charge is 0.380 e. The standard InChI is InChI=1S/C15H18FN3S/c1-11-15(20-10-18-11)9-17-12-4-5-14(13(16)8-12)19-6-2-3-7-19/h4-5,8,10,17H,2-3,6-7,9H2,1H3. The van der Waals surface area contributed by atoms with E-state index in [2.05, 4.69) is 15.2 Å². The summed E-state index contributed by atoms with van der Waals surface area (Å²) in [5.74, 6) is -0.141. The van der Waals surface area contributed by atoms with Crippen LogP contribution < -0.4 is 10.2 Å². The zero-order chi connectivity index (χ0) is 13.9. The van der Waals surface area contributed by atoms with Crippen LogP contribution >= 0.6 is 11.3 Å². The second-order valence-electron chi connectivity index (χ2n) is 5.07. The average molecular weight is 291 g/mol. The van der Waals surface area contributed by atoms with Crippen molar-refractivity contribution in [3.05, 3.63) is 40.1 Å². The predicted molar refractivity (Wildman–Crippen MR) is 82.0 cm³/mol. The highest BCUT2D eigenvalue weighted by Crippen LogP contribution is 2.26. The highest BCUT2D eigenvalue weighted by atomic mass is 32.1. The Hall–Kier alpha value is -1.62. The van der Waals surface area contributed by atoms with Gasteiger partial charge in [-0.15, -0.1) is 11.3 Å². The summed E-state index contributed by atoms with van der Waals surface area (Å²) in [6.07, 6.45) is 2.31. The van der Waals surface area contributed by atoms with Gasteiger partial charge >= 0.3 is 0 Å². The maximum atomic E-state index is 14.2. The average Bonchev–Trinajstić information content (AvgIpc) is 3.08. The van der Waals surface area contributed by atoms with Gasteiger partial charge in [0.2, 0.25) is 0 Å². The van der Waals surface area contributed by atoms with E-state index in [9.17, 15) is 4.39 Å². The molecule has 2 aromatic rings. The summed E-state index contributed by atoms with van der Waals surface area (Å²) < 4.78 is 14.2. The van der Waals surface area contributed by atoms with Gasteiger partial charge in [-0.3, -0.25) is 0 Å². The van der Waals surface area contributed by atoms with E-state index in [0.29, 0.717) is 6.54 Å². The zero-order valence-electron chi connectivity index (χ0n) is 11.5. The first kappa shape index (κ1) is 13.4. The molecule has 1 fully saturated rings. The Morgan fingerprint density at radius 3 is 2.80 bits per heavy atom. The van der Waals surface area contributed by atoms with E-state index >= 15 is 0 Å². The molecule has 1 aromatic carbocycles. The molecule has 1 saturated heterocycles. The summed E-state index contributed by atoms with van der Waals surface area (Å²) in [4.78, 5) is 7.52. The second kappa shape index (κ2) is 5.79. The number of anilines is 2. The number of hydrogen-bond donors (Lipinski definition) is 1. The van der Waals surface area contributed by atoms with Gasteiger partial charge in [-0.2, -0.15) is 0 Å². The van der Waals surface area contributed by atoms with Crippen LogP contribution in [-0.2, 0) is 6.54 Å². The highest BCUT2D eigenvalue weighted by molar-refractivity contribution is 7.09. The van der Waals surface area contributed by atoms with Gasteiger partial charge in [-0.1, -0.05) is 0 Å². The Morgan fingerprint density at radius 2 is 2.15 bits per heavy atom. The van der Waals surface area contributed by atoms with Crippen LogP contribution in [0.15, 0.2) is 23.7 Å². The fraction of sp³-hybridized carbons (Fsp3) is 0.400. The summed E-state index contributed by atoms with van der Waals surface area (Å²) in [5.41, 5.74) is 4.42. The molecule has 1 aliphatic rings. The second-order valence-corrected chi connectivity index (χ2v) is 6.01. The fourth-order valence-corrected chi connectivity index (χ4v) is 3.23. The molecule has 1 aliphatic heterocycles. The molecule has 3 nitrogen and oxygen atoms in total. The van der Waals surface area contributed by atoms with E-state index in [4.69, 9.17) is 0 Å². The van der Waals surface area contributed by atoms with Gasteiger partial charge in [-0.05, 0) is 38.0 Å². The van der Waals surface area contributed by atoms with Crippen LogP contribution in [-0.4, -0.2) is 18.1 Å². The molecular weight excluding hydrogens is 273 g/mol. The molecule has 0 aliphatic carbocycles. The maximum Gasteiger partial charge on any atom is 0.148 e. The van der Waals surface area contributed by atoms with Crippen molar-refractivity contribution in [2.24, 2.45) is 0 Å². The molecule has 20 heavy (non-hydrogen) atoms. The van der Waals surface area contributed by atoms with E-state index in [-0.39, 0.29) is 5.82 Å². The van der Waals surface area contributed by atoms with Crippen LogP contribution in [0.5, 0.6) is 0 Å². The molecule has 2 heterocycles. The molecule has 0 atom stereocenters. The van der Waals surface area contributed by atoms with Crippen molar-refractivity contribution in [3.8, 4) is 0 Å². The third kappa shape index (κ3) is 2.77. The van der Waals surface area contributed by atoms with E-state index in [0.717, 1.165) is 43.0 Å². The predicted octanol–water partition coefficient (Wildman–Crippen LogP) is 3.80. The molecule has 0 unspecified atom stereocenters. The number of nitrogens with one attached hydrogen (secondary N) is 1. The first-order valence-corrected chi connectivity index (χ1v) is 7.79. The molecule has 5 heteroatoms. The normalized spacial score (nSPS) is 14.8. The number of aryl methyl sites for hydroxylation is 1. The van der Waals surface area contributed by atoms with Crippen LogP contribution in [0, 0.1) is 12.7 Å². The van der Waals surface area contributed by atoms with Crippen LogP contribution in [0.2, 0.25) is 0 Å². The summed E-state index contributed by atoms with van der Waals surface area (Å²) >= 11 is 1.62. The Labute approximate surface area is 122 Å².